The van der Waals surface area contributed by atoms with Gasteiger partial charge in [0.2, 0.25) is 5.91 Å². The second-order valence-corrected chi connectivity index (χ2v) is 5.82. The predicted molar refractivity (Wildman–Crippen MR) is 76.0 cm³/mol. The number of nitrogens with zero attached hydrogens (tertiary/aromatic N) is 1. The average Bonchev–Trinajstić information content (AvgIpc) is 2.53. The van der Waals surface area contributed by atoms with Crippen LogP contribution in [0.4, 0.5) is 5.69 Å². The van der Waals surface area contributed by atoms with E-state index in [0.717, 1.165) is 38.0 Å². The lowest BCUT2D eigenvalue weighted by Crippen LogP contribution is -2.70. The fourth-order valence-corrected chi connectivity index (χ4v) is 3.05. The Labute approximate surface area is 114 Å². The summed E-state index contributed by atoms with van der Waals surface area (Å²) in [6, 6.07) is 8.02. The van der Waals surface area contributed by atoms with Gasteiger partial charge in [-0.25, -0.2) is 0 Å². The van der Waals surface area contributed by atoms with Gasteiger partial charge < -0.3 is 11.1 Å². The van der Waals surface area contributed by atoms with Crippen LogP contribution in [0.2, 0.25) is 0 Å². The first-order valence-corrected chi connectivity index (χ1v) is 7.03. The van der Waals surface area contributed by atoms with Gasteiger partial charge in [-0.2, -0.15) is 0 Å². The molecule has 19 heavy (non-hydrogen) atoms. The first-order chi connectivity index (χ1) is 9.11. The molecule has 1 atom stereocenters. The molecule has 4 nitrogen and oxygen atoms in total. The number of benzene rings is 1. The molecule has 102 valence electrons. The minimum atomic E-state index is -0.0839. The number of anilines is 1. The number of hydrogen-bond donors (Lipinski definition) is 2. The topological polar surface area (TPSA) is 58.4 Å². The third-order valence-corrected chi connectivity index (χ3v) is 4.45. The summed E-state index contributed by atoms with van der Waals surface area (Å²) in [5.41, 5.74) is 8.30. The van der Waals surface area contributed by atoms with Gasteiger partial charge in [0.25, 0.3) is 0 Å². The van der Waals surface area contributed by atoms with E-state index in [1.165, 1.54) is 5.56 Å². The molecule has 0 spiro atoms. The highest BCUT2D eigenvalue weighted by atomic mass is 16.2. The van der Waals surface area contributed by atoms with Crippen molar-refractivity contribution in [2.24, 2.45) is 5.73 Å². The van der Waals surface area contributed by atoms with Crippen LogP contribution in [0.15, 0.2) is 24.3 Å². The van der Waals surface area contributed by atoms with E-state index in [0.29, 0.717) is 0 Å². The van der Waals surface area contributed by atoms with E-state index in [1.54, 1.807) is 0 Å². The van der Waals surface area contributed by atoms with Crippen molar-refractivity contribution in [2.45, 2.75) is 37.8 Å². The van der Waals surface area contributed by atoms with Crippen molar-refractivity contribution in [3.05, 3.63) is 29.8 Å². The quantitative estimate of drug-likeness (QED) is 0.843. The Kier molecular flexibility index (Phi) is 3.07. The molecule has 1 fully saturated rings. The average molecular weight is 259 g/mol. The maximum absolute atomic E-state index is 12.3. The lowest BCUT2D eigenvalue weighted by molar-refractivity contribution is -0.124. The van der Waals surface area contributed by atoms with E-state index in [-0.39, 0.29) is 17.5 Å². The third kappa shape index (κ3) is 2.26. The summed E-state index contributed by atoms with van der Waals surface area (Å²) in [6.45, 7) is 3.77. The van der Waals surface area contributed by atoms with E-state index in [1.807, 2.05) is 18.2 Å². The molecule has 0 saturated carbocycles. The van der Waals surface area contributed by atoms with Crippen LogP contribution in [0.1, 0.15) is 25.3 Å². The number of para-hydroxylation sites is 1. The van der Waals surface area contributed by atoms with Gasteiger partial charge in [0.15, 0.2) is 0 Å². The lowest BCUT2D eigenvalue weighted by atomic mass is 9.86. The molecule has 0 aromatic heterocycles. The van der Waals surface area contributed by atoms with Crippen LogP contribution >= 0.6 is 0 Å². The van der Waals surface area contributed by atoms with E-state index >= 15 is 0 Å². The van der Waals surface area contributed by atoms with Crippen LogP contribution in [-0.4, -0.2) is 35.5 Å². The standard InChI is InChI=1S/C15H21N3O/c1-2-15(16)9-18(10-15)13-8-7-11-5-3-4-6-12(11)17-14(13)19/h3-6,13H,2,7-10,16H2,1H3,(H,17,19). The van der Waals surface area contributed by atoms with Gasteiger partial charge in [-0.05, 0) is 30.9 Å². The fraction of sp³-hybridized carbons (Fsp3) is 0.533. The molecule has 1 saturated heterocycles. The largest absolute Gasteiger partial charge is 0.324 e. The van der Waals surface area contributed by atoms with Crippen LogP contribution < -0.4 is 11.1 Å². The molecule has 1 aromatic carbocycles. The molecule has 4 heteroatoms. The fourth-order valence-electron chi connectivity index (χ4n) is 3.05. The Morgan fingerprint density at radius 1 is 1.42 bits per heavy atom. The second-order valence-electron chi connectivity index (χ2n) is 5.82. The Bertz CT molecular complexity index is 494. The van der Waals surface area contributed by atoms with Gasteiger partial charge in [0.1, 0.15) is 0 Å². The Balaban J connectivity index is 1.72. The number of nitrogens with one attached hydrogen (secondary N) is 1. The zero-order valence-electron chi connectivity index (χ0n) is 11.4. The summed E-state index contributed by atoms with van der Waals surface area (Å²) in [5, 5.41) is 3.05. The zero-order chi connectivity index (χ0) is 13.5. The Morgan fingerprint density at radius 3 is 2.89 bits per heavy atom. The molecule has 2 aliphatic heterocycles. The van der Waals surface area contributed by atoms with Gasteiger partial charge in [-0.15, -0.1) is 0 Å². The van der Waals surface area contributed by atoms with Crippen molar-refractivity contribution >= 4 is 11.6 Å². The zero-order valence-corrected chi connectivity index (χ0v) is 11.4. The van der Waals surface area contributed by atoms with Gasteiger partial charge in [0, 0.05) is 24.3 Å². The maximum Gasteiger partial charge on any atom is 0.241 e. The minimum Gasteiger partial charge on any atom is -0.324 e. The normalized spacial score (nSPS) is 26.0. The molecule has 1 amide bonds. The monoisotopic (exact) mass is 259 g/mol. The number of carbonyl (C=O) groups is 1. The van der Waals surface area contributed by atoms with Crippen molar-refractivity contribution in [1.82, 2.24) is 4.90 Å². The molecule has 0 aliphatic carbocycles. The third-order valence-electron chi connectivity index (χ3n) is 4.45. The van der Waals surface area contributed by atoms with Crippen molar-refractivity contribution < 1.29 is 4.79 Å². The number of aryl methyl sites for hydroxylation is 1. The van der Waals surface area contributed by atoms with E-state index in [2.05, 4.69) is 23.2 Å². The molecular formula is C15H21N3O. The number of fused-ring (bicyclic) bond motifs is 1. The highest BCUT2D eigenvalue weighted by Gasteiger charge is 2.43. The molecular weight excluding hydrogens is 238 g/mol. The summed E-state index contributed by atoms with van der Waals surface area (Å²) in [5.74, 6) is 0.114. The predicted octanol–water partition coefficient (Wildman–Crippen LogP) is 1.36. The molecule has 0 bridgehead atoms. The minimum absolute atomic E-state index is 0.0318. The highest BCUT2D eigenvalue weighted by Crippen LogP contribution is 2.29. The molecule has 1 unspecified atom stereocenters. The van der Waals surface area contributed by atoms with Gasteiger partial charge in [-0.1, -0.05) is 25.1 Å². The SMILES string of the molecule is CCC1(N)CN(C2CCc3ccccc3NC2=O)C1. The first kappa shape index (κ1) is 12.6. The van der Waals surface area contributed by atoms with Crippen LogP contribution in [0, 0.1) is 0 Å². The Hall–Kier alpha value is -1.39. The van der Waals surface area contributed by atoms with Gasteiger partial charge in [-0.3, -0.25) is 9.69 Å². The van der Waals surface area contributed by atoms with Crippen molar-refractivity contribution in [1.29, 1.82) is 0 Å². The van der Waals surface area contributed by atoms with Crippen LogP contribution in [0.25, 0.3) is 0 Å². The van der Waals surface area contributed by atoms with E-state index in [4.69, 9.17) is 5.73 Å². The van der Waals surface area contributed by atoms with Crippen molar-refractivity contribution in [3.8, 4) is 0 Å². The summed E-state index contributed by atoms with van der Waals surface area (Å²) in [6.07, 6.45) is 2.79. The van der Waals surface area contributed by atoms with Crippen molar-refractivity contribution in [2.75, 3.05) is 18.4 Å². The Morgan fingerprint density at radius 2 is 2.16 bits per heavy atom. The van der Waals surface area contributed by atoms with Crippen LogP contribution in [-0.2, 0) is 11.2 Å². The number of likely N-dealkylation sites (tertiary alicyclic amines) is 1. The summed E-state index contributed by atoms with van der Waals surface area (Å²) < 4.78 is 0. The number of hydrogen-bond acceptors (Lipinski definition) is 3. The maximum atomic E-state index is 12.3. The smallest absolute Gasteiger partial charge is 0.241 e. The second kappa shape index (κ2) is 4.62. The highest BCUT2D eigenvalue weighted by molar-refractivity contribution is 5.96. The molecule has 1 aromatic rings. The number of carbonyl (C=O) groups excluding carboxylic acids is 1. The summed E-state index contributed by atoms with van der Waals surface area (Å²) in [4.78, 5) is 14.5. The van der Waals surface area contributed by atoms with Crippen LogP contribution in [0.5, 0.6) is 0 Å². The van der Waals surface area contributed by atoms with E-state index < -0.39 is 0 Å². The summed E-state index contributed by atoms with van der Waals surface area (Å²) >= 11 is 0. The lowest BCUT2D eigenvalue weighted by Gasteiger charge is -2.50. The van der Waals surface area contributed by atoms with Crippen molar-refractivity contribution in [3.63, 3.8) is 0 Å². The van der Waals surface area contributed by atoms with Crippen LogP contribution in [0.3, 0.4) is 0 Å². The number of amides is 1. The number of rotatable bonds is 2. The molecule has 0 radical (unpaired) electrons. The molecule has 2 heterocycles. The summed E-state index contributed by atoms with van der Waals surface area (Å²) in [7, 11) is 0. The molecule has 3 N–H and O–H groups in total. The first-order valence-electron chi connectivity index (χ1n) is 7.03. The van der Waals surface area contributed by atoms with Gasteiger partial charge >= 0.3 is 0 Å². The molecule has 2 aliphatic rings. The van der Waals surface area contributed by atoms with Gasteiger partial charge in [0.05, 0.1) is 6.04 Å². The molecule has 3 rings (SSSR count). The number of nitrogens with two attached hydrogens (primary N) is 1. The van der Waals surface area contributed by atoms with E-state index in [9.17, 15) is 4.79 Å².